The van der Waals surface area contributed by atoms with Gasteiger partial charge in [0, 0.05) is 36.6 Å². The number of rotatable bonds is 6. The highest BCUT2D eigenvalue weighted by atomic mass is 35.5. The van der Waals surface area contributed by atoms with Gasteiger partial charge in [0.1, 0.15) is 5.82 Å². The predicted octanol–water partition coefficient (Wildman–Crippen LogP) is 3.46. The summed E-state index contributed by atoms with van der Waals surface area (Å²) in [6.07, 6.45) is 4.96. The Labute approximate surface area is 186 Å². The van der Waals surface area contributed by atoms with Crippen LogP contribution in [0.25, 0.3) is 0 Å². The van der Waals surface area contributed by atoms with Gasteiger partial charge in [-0.3, -0.25) is 14.4 Å². The van der Waals surface area contributed by atoms with Gasteiger partial charge < -0.3 is 15.0 Å². The van der Waals surface area contributed by atoms with Crippen LogP contribution in [0.2, 0.25) is 5.02 Å². The highest BCUT2D eigenvalue weighted by Crippen LogP contribution is 2.62. The SMILES string of the molecule is CC(=O)NC12CC3CC(C1)CC(C(=O)OCC(=O)N(C)Cc1c(F)cccc1Cl)(C3)C2. The number of halogens is 2. The van der Waals surface area contributed by atoms with Crippen molar-refractivity contribution < 1.29 is 23.5 Å². The number of ether oxygens (including phenoxy) is 1. The molecule has 4 aliphatic carbocycles. The van der Waals surface area contributed by atoms with Crippen LogP contribution in [0.15, 0.2) is 18.2 Å². The fraction of sp³-hybridized carbons (Fsp3) is 0.609. The molecule has 0 aliphatic heterocycles. The average molecular weight is 451 g/mol. The van der Waals surface area contributed by atoms with Crippen LogP contribution in [0, 0.1) is 23.1 Å². The lowest BCUT2D eigenvalue weighted by molar-refractivity contribution is -0.178. The standard InChI is InChI=1S/C23H28ClFN2O4/c1-14(28)26-23-9-15-6-16(10-23)8-22(7-15,13-23)21(30)31-12-20(29)27(2)11-17-18(24)4-3-5-19(17)25/h3-5,15-16H,6-13H2,1-2H3,(H,26,28). The predicted molar refractivity (Wildman–Crippen MR) is 113 cm³/mol. The Bertz CT molecular complexity index is 887. The van der Waals surface area contributed by atoms with Gasteiger partial charge in [0.15, 0.2) is 6.61 Å². The minimum absolute atomic E-state index is 0.0111. The summed E-state index contributed by atoms with van der Waals surface area (Å²) in [5, 5.41) is 3.36. The van der Waals surface area contributed by atoms with Gasteiger partial charge in [-0.15, -0.1) is 0 Å². The van der Waals surface area contributed by atoms with Crippen molar-refractivity contribution in [3.05, 3.63) is 34.6 Å². The molecule has 4 bridgehead atoms. The van der Waals surface area contributed by atoms with Crippen LogP contribution in [0.3, 0.4) is 0 Å². The molecule has 0 saturated heterocycles. The second kappa shape index (κ2) is 8.08. The zero-order valence-corrected chi connectivity index (χ0v) is 18.6. The van der Waals surface area contributed by atoms with E-state index < -0.39 is 23.7 Å². The van der Waals surface area contributed by atoms with E-state index in [1.165, 1.54) is 31.0 Å². The number of hydrogen-bond donors (Lipinski definition) is 1. The summed E-state index contributed by atoms with van der Waals surface area (Å²) in [7, 11) is 1.52. The number of nitrogens with one attached hydrogen (secondary N) is 1. The van der Waals surface area contributed by atoms with Crippen LogP contribution in [0.4, 0.5) is 4.39 Å². The third-order valence-electron chi connectivity index (χ3n) is 7.14. The molecule has 6 nitrogen and oxygen atoms in total. The van der Waals surface area contributed by atoms with Crippen LogP contribution in [0.5, 0.6) is 0 Å². The van der Waals surface area contributed by atoms with E-state index >= 15 is 0 Å². The maximum Gasteiger partial charge on any atom is 0.312 e. The van der Waals surface area contributed by atoms with Crippen molar-refractivity contribution in [2.45, 2.75) is 57.5 Å². The Morgan fingerprint density at radius 2 is 1.90 bits per heavy atom. The maximum absolute atomic E-state index is 14.0. The zero-order chi connectivity index (χ0) is 22.4. The molecule has 0 heterocycles. The van der Waals surface area contributed by atoms with E-state index in [-0.39, 0.29) is 34.5 Å². The number of carbonyl (C=O) groups is 3. The summed E-state index contributed by atoms with van der Waals surface area (Å²) in [6.45, 7) is 1.11. The van der Waals surface area contributed by atoms with Gasteiger partial charge in [0.25, 0.3) is 5.91 Å². The second-order valence-electron chi connectivity index (χ2n) is 9.73. The van der Waals surface area contributed by atoms with Gasteiger partial charge in [0.2, 0.25) is 5.91 Å². The number of nitrogens with zero attached hydrogens (tertiary/aromatic N) is 1. The molecule has 2 amide bonds. The number of carbonyl (C=O) groups excluding carboxylic acids is 3. The van der Waals surface area contributed by atoms with E-state index in [9.17, 15) is 18.8 Å². The Morgan fingerprint density at radius 1 is 1.23 bits per heavy atom. The number of amides is 2. The van der Waals surface area contributed by atoms with Crippen LogP contribution < -0.4 is 5.32 Å². The molecule has 2 atom stereocenters. The highest BCUT2D eigenvalue weighted by Gasteiger charge is 2.61. The number of benzene rings is 1. The van der Waals surface area contributed by atoms with Gasteiger partial charge in [-0.2, -0.15) is 0 Å². The van der Waals surface area contributed by atoms with Crippen molar-refractivity contribution in [3.63, 3.8) is 0 Å². The molecule has 1 N–H and O–H groups in total. The second-order valence-corrected chi connectivity index (χ2v) is 10.1. The Balaban J connectivity index is 1.39. The quantitative estimate of drug-likeness (QED) is 0.673. The Hall–Kier alpha value is -2.15. The first-order valence-corrected chi connectivity index (χ1v) is 11.1. The third-order valence-corrected chi connectivity index (χ3v) is 7.50. The normalized spacial score (nSPS) is 30.7. The molecule has 8 heteroatoms. The van der Waals surface area contributed by atoms with E-state index in [2.05, 4.69) is 5.32 Å². The molecule has 168 valence electrons. The van der Waals surface area contributed by atoms with Gasteiger partial charge in [-0.1, -0.05) is 17.7 Å². The van der Waals surface area contributed by atoms with Crippen molar-refractivity contribution in [2.75, 3.05) is 13.7 Å². The molecule has 5 rings (SSSR count). The molecule has 4 fully saturated rings. The van der Waals surface area contributed by atoms with Crippen LogP contribution in [0.1, 0.15) is 51.0 Å². The molecule has 0 aromatic heterocycles. The fourth-order valence-corrected chi connectivity index (χ4v) is 6.64. The van der Waals surface area contributed by atoms with Gasteiger partial charge in [0.05, 0.1) is 5.41 Å². The first kappa shape index (κ1) is 22.1. The van der Waals surface area contributed by atoms with Gasteiger partial charge >= 0.3 is 5.97 Å². The first-order valence-electron chi connectivity index (χ1n) is 10.7. The van der Waals surface area contributed by atoms with E-state index in [0.29, 0.717) is 18.3 Å². The third kappa shape index (κ3) is 4.29. The van der Waals surface area contributed by atoms with Gasteiger partial charge in [-0.25, -0.2) is 4.39 Å². The molecule has 0 spiro atoms. The fourth-order valence-electron chi connectivity index (χ4n) is 6.42. The maximum atomic E-state index is 14.0. The number of hydrogen-bond acceptors (Lipinski definition) is 4. The molecule has 2 unspecified atom stereocenters. The largest absolute Gasteiger partial charge is 0.455 e. The molecular formula is C23H28ClFN2O4. The molecule has 1 aromatic carbocycles. The van der Waals surface area contributed by atoms with E-state index in [1.54, 1.807) is 6.07 Å². The smallest absolute Gasteiger partial charge is 0.312 e. The van der Waals surface area contributed by atoms with E-state index in [1.807, 2.05) is 0 Å². The van der Waals surface area contributed by atoms with E-state index in [0.717, 1.165) is 32.1 Å². The molecule has 0 radical (unpaired) electrons. The van der Waals surface area contributed by atoms with E-state index in [4.69, 9.17) is 16.3 Å². The Kier molecular flexibility index (Phi) is 5.75. The lowest BCUT2D eigenvalue weighted by Gasteiger charge is -2.60. The highest BCUT2D eigenvalue weighted by molar-refractivity contribution is 6.31. The first-order chi connectivity index (χ1) is 14.6. The monoisotopic (exact) mass is 450 g/mol. The van der Waals surface area contributed by atoms with Crippen molar-refractivity contribution in [2.24, 2.45) is 17.3 Å². The van der Waals surface area contributed by atoms with Crippen molar-refractivity contribution in [3.8, 4) is 0 Å². The molecule has 1 aromatic rings. The average Bonchev–Trinajstić information content (AvgIpc) is 2.66. The topological polar surface area (TPSA) is 75.7 Å². The van der Waals surface area contributed by atoms with Crippen LogP contribution in [-0.2, 0) is 25.7 Å². The summed E-state index contributed by atoms with van der Waals surface area (Å²) in [5.41, 5.74) is -0.748. The van der Waals surface area contributed by atoms with Crippen LogP contribution in [-0.4, -0.2) is 41.9 Å². The van der Waals surface area contributed by atoms with Crippen molar-refractivity contribution in [1.29, 1.82) is 0 Å². The minimum Gasteiger partial charge on any atom is -0.455 e. The van der Waals surface area contributed by atoms with Crippen molar-refractivity contribution in [1.82, 2.24) is 10.2 Å². The lowest BCUT2D eigenvalue weighted by atomic mass is 9.47. The number of esters is 1. The zero-order valence-electron chi connectivity index (χ0n) is 17.9. The lowest BCUT2D eigenvalue weighted by Crippen LogP contribution is -2.64. The molecular weight excluding hydrogens is 423 g/mol. The summed E-state index contributed by atoms with van der Waals surface area (Å²) >= 11 is 6.04. The van der Waals surface area contributed by atoms with Crippen LogP contribution >= 0.6 is 11.6 Å². The molecule has 31 heavy (non-hydrogen) atoms. The minimum atomic E-state index is -0.639. The summed E-state index contributed by atoms with van der Waals surface area (Å²) < 4.78 is 19.5. The number of likely N-dealkylation sites (N-methyl/N-ethyl adjacent to an activating group) is 1. The summed E-state index contributed by atoms with van der Waals surface area (Å²) in [6, 6.07) is 4.36. The molecule has 4 saturated carbocycles. The van der Waals surface area contributed by atoms with Gasteiger partial charge in [-0.05, 0) is 62.5 Å². The van der Waals surface area contributed by atoms with Crippen molar-refractivity contribution >= 4 is 29.4 Å². The summed E-state index contributed by atoms with van der Waals surface area (Å²) in [4.78, 5) is 38.7. The Morgan fingerprint density at radius 3 is 2.52 bits per heavy atom. The summed E-state index contributed by atoms with van der Waals surface area (Å²) in [5.74, 6) is -0.560. The molecule has 4 aliphatic rings.